The number of hydrogen-bond acceptors (Lipinski definition) is 5. The van der Waals surface area contributed by atoms with Crippen LogP contribution in [0.5, 0.6) is 0 Å². The van der Waals surface area contributed by atoms with Gasteiger partial charge >= 0.3 is 0 Å². The predicted molar refractivity (Wildman–Crippen MR) is 189 cm³/mol. The Hall–Kier alpha value is -4.30. The van der Waals surface area contributed by atoms with Crippen molar-refractivity contribution in [3.8, 4) is 22.5 Å². The van der Waals surface area contributed by atoms with E-state index in [-0.39, 0.29) is 30.0 Å². The predicted octanol–water partition coefficient (Wildman–Crippen LogP) is 9.95. The molecule has 0 aliphatic rings. The number of carbonyl (C=O) groups excluding carboxylic acids is 1. The number of halogens is 1. The van der Waals surface area contributed by atoms with E-state index in [1.807, 2.05) is 60.7 Å². The van der Waals surface area contributed by atoms with Gasteiger partial charge in [0.25, 0.3) is 10.1 Å². The Kier molecular flexibility index (Phi) is 10.6. The maximum atomic E-state index is 12.6. The minimum Gasteiger partial charge on any atom is -0.356 e. The van der Waals surface area contributed by atoms with Crippen LogP contribution in [0, 0.1) is 5.41 Å². The highest BCUT2D eigenvalue weighted by atomic mass is 35.5. The zero-order valence-corrected chi connectivity index (χ0v) is 28.3. The van der Waals surface area contributed by atoms with E-state index in [1.165, 1.54) is 0 Å². The van der Waals surface area contributed by atoms with Crippen LogP contribution >= 0.6 is 11.6 Å². The largest absolute Gasteiger partial charge is 0.356 e. The molecule has 1 heterocycles. The van der Waals surface area contributed by atoms with Gasteiger partial charge in [-0.1, -0.05) is 129 Å². The van der Waals surface area contributed by atoms with Crippen LogP contribution in [0.15, 0.2) is 114 Å². The Balaban J connectivity index is 1.41. The summed E-state index contributed by atoms with van der Waals surface area (Å²) in [6.07, 6.45) is 5.04. The highest BCUT2D eigenvalue weighted by Crippen LogP contribution is 2.33. The van der Waals surface area contributed by atoms with Crippen LogP contribution in [0.2, 0.25) is 5.02 Å². The second-order valence-corrected chi connectivity index (χ2v) is 14.8. The van der Waals surface area contributed by atoms with Crippen molar-refractivity contribution >= 4 is 33.6 Å². The fourth-order valence-electron chi connectivity index (χ4n) is 5.28. The molecule has 0 fully saturated rings. The molecule has 8 heteroatoms. The van der Waals surface area contributed by atoms with Crippen LogP contribution in [-0.2, 0) is 16.5 Å². The van der Waals surface area contributed by atoms with E-state index in [0.29, 0.717) is 22.8 Å². The topological polar surface area (TPSA) is 97.5 Å². The first-order valence-corrected chi connectivity index (χ1v) is 17.5. The summed E-state index contributed by atoms with van der Waals surface area (Å²) in [4.78, 5) is 12.6. The molecule has 0 bridgehead atoms. The summed E-state index contributed by atoms with van der Waals surface area (Å²) < 4.78 is 36.9. The van der Waals surface area contributed by atoms with Gasteiger partial charge in [0.15, 0.2) is 11.5 Å². The number of ketones is 1. The molecule has 0 radical (unpaired) electrons. The second-order valence-electron chi connectivity index (χ2n) is 12.8. The maximum absolute atomic E-state index is 12.6. The van der Waals surface area contributed by atoms with Crippen molar-refractivity contribution in [2.75, 3.05) is 5.75 Å². The Morgan fingerprint density at radius 1 is 0.894 bits per heavy atom. The third-order valence-electron chi connectivity index (χ3n) is 7.85. The van der Waals surface area contributed by atoms with Gasteiger partial charge in [-0.05, 0) is 64.3 Å². The fourth-order valence-corrected chi connectivity index (χ4v) is 5.92. The van der Waals surface area contributed by atoms with Gasteiger partial charge < -0.3 is 4.52 Å². The average molecular weight is 668 g/mol. The number of rotatable bonds is 12. The second kappa shape index (κ2) is 14.6. The normalized spacial score (nSPS) is 12.8. The van der Waals surface area contributed by atoms with Gasteiger partial charge in [-0.3, -0.25) is 9.35 Å². The molecule has 0 amide bonds. The summed E-state index contributed by atoms with van der Waals surface area (Å²) in [7, 11) is -4.09. The average Bonchev–Trinajstić information content (AvgIpc) is 3.53. The molecular formula is C39H38ClNO5S. The minimum absolute atomic E-state index is 0.0404. The van der Waals surface area contributed by atoms with E-state index in [4.69, 9.17) is 20.7 Å². The molecule has 47 heavy (non-hydrogen) atoms. The summed E-state index contributed by atoms with van der Waals surface area (Å²) in [5.74, 6) is -0.0630. The van der Waals surface area contributed by atoms with E-state index in [2.05, 4.69) is 68.4 Å². The van der Waals surface area contributed by atoms with E-state index in [0.717, 1.165) is 39.1 Å². The van der Waals surface area contributed by atoms with Crippen LogP contribution in [0.1, 0.15) is 72.3 Å². The summed E-state index contributed by atoms with van der Waals surface area (Å²) in [6.45, 7) is 6.50. The lowest BCUT2D eigenvalue weighted by molar-refractivity contribution is 0.0982. The lowest BCUT2D eigenvalue weighted by Gasteiger charge is -2.16. The first-order valence-electron chi connectivity index (χ1n) is 15.5. The summed E-state index contributed by atoms with van der Waals surface area (Å²) in [6, 6.07) is 33.6. The fraction of sp³-hybridized carbons (Fsp3) is 0.231. The first kappa shape index (κ1) is 34.0. The summed E-state index contributed by atoms with van der Waals surface area (Å²) in [5.41, 5.74) is 7.57. The molecule has 0 saturated carbocycles. The molecule has 1 aromatic heterocycles. The van der Waals surface area contributed by atoms with E-state index in [1.54, 1.807) is 12.1 Å². The van der Waals surface area contributed by atoms with Crippen LogP contribution in [-0.4, -0.2) is 29.7 Å². The van der Waals surface area contributed by atoms with Crippen molar-refractivity contribution in [2.24, 2.45) is 5.41 Å². The molecule has 4 aromatic carbocycles. The third-order valence-corrected chi connectivity index (χ3v) is 8.90. The number of Topliss-reactive ketones (excluding diaryl/α,β-unsaturated/α-hetero) is 1. The maximum Gasteiger partial charge on any atom is 0.264 e. The minimum atomic E-state index is -4.09. The first-order chi connectivity index (χ1) is 22.3. The zero-order chi connectivity index (χ0) is 33.6. The molecule has 0 aliphatic carbocycles. The monoisotopic (exact) mass is 667 g/mol. The Morgan fingerprint density at radius 2 is 1.57 bits per heavy atom. The number of allylic oxidation sites excluding steroid dienone is 1. The quantitative estimate of drug-likeness (QED) is 0.105. The SMILES string of the molecule is CC(C)(C)/C=C/c1ccc(C(Cc2ccc(C(=O)CCCS(=O)(=O)O)cc2)c2cc(-c3cccc(-c4ccc(Cl)cc4)c3)on2)cc1. The number of carbonyl (C=O) groups is 1. The van der Waals surface area contributed by atoms with Crippen LogP contribution < -0.4 is 0 Å². The molecule has 0 saturated heterocycles. The van der Waals surface area contributed by atoms with E-state index in [9.17, 15) is 13.2 Å². The van der Waals surface area contributed by atoms with Crippen LogP contribution in [0.4, 0.5) is 0 Å². The van der Waals surface area contributed by atoms with Crippen molar-refractivity contribution in [1.29, 1.82) is 0 Å². The molecule has 1 N–H and O–H groups in total. The highest BCUT2D eigenvalue weighted by molar-refractivity contribution is 7.85. The molecule has 6 nitrogen and oxygen atoms in total. The van der Waals surface area contributed by atoms with Crippen molar-refractivity contribution in [3.63, 3.8) is 0 Å². The van der Waals surface area contributed by atoms with Gasteiger partial charge in [0.2, 0.25) is 0 Å². The van der Waals surface area contributed by atoms with Crippen molar-refractivity contribution in [3.05, 3.63) is 142 Å². The zero-order valence-electron chi connectivity index (χ0n) is 26.7. The van der Waals surface area contributed by atoms with Gasteiger partial charge in [0, 0.05) is 34.6 Å². The summed E-state index contributed by atoms with van der Waals surface area (Å²) >= 11 is 6.10. The van der Waals surface area contributed by atoms with Crippen molar-refractivity contribution < 1.29 is 22.3 Å². The van der Waals surface area contributed by atoms with E-state index < -0.39 is 15.9 Å². The molecular weight excluding hydrogens is 630 g/mol. The highest BCUT2D eigenvalue weighted by Gasteiger charge is 2.21. The standard InChI is InChI=1S/C39H38ClNO5S/c1-39(2,3)22-21-27-9-13-30(14-10-27)35(24-28-11-15-31(16-12-28)37(42)8-5-23-47(43,44)45)36-26-38(46-41-36)33-7-4-6-32(25-33)29-17-19-34(40)20-18-29/h4,6-7,9-22,25-26,35H,5,8,23-24H2,1-3H3,(H,43,44,45)/b22-21+. The third kappa shape index (κ3) is 9.85. The van der Waals surface area contributed by atoms with Crippen LogP contribution in [0.3, 0.4) is 0 Å². The van der Waals surface area contributed by atoms with Crippen LogP contribution in [0.25, 0.3) is 28.5 Å². The number of nitrogens with zero attached hydrogens (tertiary/aromatic N) is 1. The number of aromatic nitrogens is 1. The Labute approximate surface area is 281 Å². The van der Waals surface area contributed by atoms with Gasteiger partial charge in [-0.2, -0.15) is 8.42 Å². The van der Waals surface area contributed by atoms with E-state index >= 15 is 0 Å². The molecule has 0 aliphatic heterocycles. The number of benzene rings is 4. The lowest BCUT2D eigenvalue weighted by Crippen LogP contribution is -2.08. The molecule has 242 valence electrons. The molecule has 5 rings (SSSR count). The molecule has 1 unspecified atom stereocenters. The smallest absolute Gasteiger partial charge is 0.264 e. The number of hydrogen-bond donors (Lipinski definition) is 1. The Bertz CT molecular complexity index is 1950. The molecule has 0 spiro atoms. The van der Waals surface area contributed by atoms with Gasteiger partial charge in [0.05, 0.1) is 11.4 Å². The van der Waals surface area contributed by atoms with Crippen molar-refractivity contribution in [2.45, 2.75) is 46.0 Å². The van der Waals surface area contributed by atoms with Gasteiger partial charge in [0.1, 0.15) is 0 Å². The molecule has 5 aromatic rings. The van der Waals surface area contributed by atoms with Crippen molar-refractivity contribution in [1.82, 2.24) is 5.16 Å². The summed E-state index contributed by atoms with van der Waals surface area (Å²) in [5, 5.41) is 5.23. The lowest BCUT2D eigenvalue weighted by atomic mass is 9.87. The van der Waals surface area contributed by atoms with Gasteiger partial charge in [-0.15, -0.1) is 0 Å². The van der Waals surface area contributed by atoms with Gasteiger partial charge in [-0.25, -0.2) is 0 Å². The Morgan fingerprint density at radius 3 is 2.23 bits per heavy atom. The molecule has 1 atom stereocenters.